The Hall–Kier alpha value is -1.47. The molecule has 0 amide bonds. The molecular weight excluding hydrogens is 344 g/mol. The van der Waals surface area contributed by atoms with E-state index >= 15 is 0 Å². The van der Waals surface area contributed by atoms with Crippen LogP contribution in [0, 0.1) is 0 Å². The molecule has 0 aliphatic carbocycles. The number of hydrogen-bond donors (Lipinski definition) is 0. The molecule has 140 valence electrons. The molecule has 1 aromatic carbocycles. The molecule has 1 unspecified atom stereocenters. The predicted octanol–water partition coefficient (Wildman–Crippen LogP) is 2.56. The number of anilines is 1. The van der Waals surface area contributed by atoms with Crippen molar-refractivity contribution in [2.45, 2.75) is 19.1 Å². The second-order valence-electron chi connectivity index (χ2n) is 7.17. The molecule has 1 atom stereocenters. The number of thiazole rings is 1. The fraction of sp³-hybridized carbons (Fsp3) is 0.550. The molecule has 2 aliphatic rings. The summed E-state index contributed by atoms with van der Waals surface area (Å²) in [6, 6.07) is 10.8. The van der Waals surface area contributed by atoms with Gasteiger partial charge in [-0.1, -0.05) is 30.3 Å². The standard InChI is InChI=1S/C20H28N4OS/c1-2-5-18(6-3-1)15-23-8-4-13-25-19(17-23)16-22-9-11-24(12-10-22)20-21-7-14-26-20/h1-3,5-7,14,19H,4,8-13,15-17H2. The van der Waals surface area contributed by atoms with E-state index < -0.39 is 0 Å². The maximum absolute atomic E-state index is 6.17. The van der Waals surface area contributed by atoms with E-state index in [1.165, 1.54) is 5.56 Å². The number of ether oxygens (including phenoxy) is 1. The van der Waals surface area contributed by atoms with E-state index in [9.17, 15) is 0 Å². The van der Waals surface area contributed by atoms with Gasteiger partial charge in [0.05, 0.1) is 6.10 Å². The zero-order chi connectivity index (χ0) is 17.6. The van der Waals surface area contributed by atoms with Crippen LogP contribution >= 0.6 is 11.3 Å². The van der Waals surface area contributed by atoms with Gasteiger partial charge in [-0.3, -0.25) is 9.80 Å². The van der Waals surface area contributed by atoms with E-state index in [-0.39, 0.29) is 0 Å². The first kappa shape index (κ1) is 17.9. The van der Waals surface area contributed by atoms with Crippen LogP contribution in [-0.2, 0) is 11.3 Å². The molecule has 0 spiro atoms. The molecule has 5 nitrogen and oxygen atoms in total. The van der Waals surface area contributed by atoms with Crippen LogP contribution in [0.5, 0.6) is 0 Å². The van der Waals surface area contributed by atoms with Gasteiger partial charge >= 0.3 is 0 Å². The zero-order valence-electron chi connectivity index (χ0n) is 15.3. The van der Waals surface area contributed by atoms with Gasteiger partial charge in [-0.15, -0.1) is 11.3 Å². The maximum atomic E-state index is 6.17. The summed E-state index contributed by atoms with van der Waals surface area (Å²) >= 11 is 1.74. The normalized spacial score (nSPS) is 23.1. The van der Waals surface area contributed by atoms with Gasteiger partial charge in [-0.05, 0) is 12.0 Å². The van der Waals surface area contributed by atoms with Gasteiger partial charge in [0.25, 0.3) is 0 Å². The average Bonchev–Trinajstić information content (AvgIpc) is 3.12. The molecule has 2 aliphatic heterocycles. The van der Waals surface area contributed by atoms with Crippen molar-refractivity contribution in [3.05, 3.63) is 47.5 Å². The third-order valence-electron chi connectivity index (χ3n) is 5.21. The molecule has 0 N–H and O–H groups in total. The average molecular weight is 373 g/mol. The summed E-state index contributed by atoms with van der Waals surface area (Å²) in [4.78, 5) is 11.9. The Morgan fingerprint density at radius 1 is 1.04 bits per heavy atom. The van der Waals surface area contributed by atoms with Crippen LogP contribution in [0.3, 0.4) is 0 Å². The Bertz CT molecular complexity index is 643. The first-order valence-corrected chi connectivity index (χ1v) is 10.5. The maximum Gasteiger partial charge on any atom is 0.185 e. The van der Waals surface area contributed by atoms with Crippen LogP contribution in [0.1, 0.15) is 12.0 Å². The van der Waals surface area contributed by atoms with Gasteiger partial charge in [0, 0.05) is 70.5 Å². The molecule has 0 saturated carbocycles. The van der Waals surface area contributed by atoms with Gasteiger partial charge < -0.3 is 9.64 Å². The van der Waals surface area contributed by atoms with Crippen LogP contribution < -0.4 is 4.90 Å². The number of piperazine rings is 1. The fourth-order valence-electron chi connectivity index (χ4n) is 3.85. The molecule has 0 radical (unpaired) electrons. The first-order chi connectivity index (χ1) is 12.9. The summed E-state index contributed by atoms with van der Waals surface area (Å²) in [6.45, 7) is 9.42. The third kappa shape index (κ3) is 4.82. The van der Waals surface area contributed by atoms with Crippen LogP contribution in [0.2, 0.25) is 0 Å². The number of aromatic nitrogens is 1. The van der Waals surface area contributed by atoms with E-state index in [0.717, 1.165) is 70.5 Å². The topological polar surface area (TPSA) is 31.8 Å². The van der Waals surface area contributed by atoms with Crippen LogP contribution in [0.4, 0.5) is 5.13 Å². The monoisotopic (exact) mass is 372 g/mol. The summed E-state index contributed by atoms with van der Waals surface area (Å²) < 4.78 is 6.17. The van der Waals surface area contributed by atoms with Crippen molar-refractivity contribution < 1.29 is 4.74 Å². The lowest BCUT2D eigenvalue weighted by Gasteiger charge is -2.36. The quantitative estimate of drug-likeness (QED) is 0.805. The highest BCUT2D eigenvalue weighted by molar-refractivity contribution is 7.13. The van der Waals surface area contributed by atoms with Crippen molar-refractivity contribution in [2.24, 2.45) is 0 Å². The number of benzene rings is 1. The van der Waals surface area contributed by atoms with Gasteiger partial charge in [-0.2, -0.15) is 0 Å². The van der Waals surface area contributed by atoms with E-state index in [1.807, 2.05) is 6.20 Å². The lowest BCUT2D eigenvalue weighted by atomic mass is 10.2. The molecule has 4 rings (SSSR count). The molecule has 2 aromatic rings. The van der Waals surface area contributed by atoms with Crippen LogP contribution in [-0.4, -0.2) is 73.3 Å². The first-order valence-electron chi connectivity index (χ1n) is 9.61. The second kappa shape index (κ2) is 8.95. The Kier molecular flexibility index (Phi) is 6.17. The van der Waals surface area contributed by atoms with Crippen molar-refractivity contribution in [1.82, 2.24) is 14.8 Å². The molecule has 3 heterocycles. The molecule has 26 heavy (non-hydrogen) atoms. The Labute approximate surface area is 160 Å². The minimum Gasteiger partial charge on any atom is -0.376 e. The predicted molar refractivity (Wildman–Crippen MR) is 107 cm³/mol. The largest absolute Gasteiger partial charge is 0.376 e. The highest BCUT2D eigenvalue weighted by Gasteiger charge is 2.24. The number of hydrogen-bond acceptors (Lipinski definition) is 6. The molecular formula is C20H28N4OS. The second-order valence-corrected chi connectivity index (χ2v) is 8.04. The highest BCUT2D eigenvalue weighted by atomic mass is 32.1. The molecule has 0 bridgehead atoms. The summed E-state index contributed by atoms with van der Waals surface area (Å²) in [5, 5.41) is 3.21. The minimum absolute atomic E-state index is 0.313. The molecule has 2 fully saturated rings. The van der Waals surface area contributed by atoms with E-state index in [4.69, 9.17) is 4.74 Å². The summed E-state index contributed by atoms with van der Waals surface area (Å²) in [5.41, 5.74) is 1.39. The van der Waals surface area contributed by atoms with Crippen molar-refractivity contribution >= 4 is 16.5 Å². The SMILES string of the molecule is c1ccc(CN2CCCOC(CN3CCN(c4nccs4)CC3)C2)cc1. The lowest BCUT2D eigenvalue weighted by Crippen LogP contribution is -2.50. The third-order valence-corrected chi connectivity index (χ3v) is 6.04. The Balaban J connectivity index is 1.27. The van der Waals surface area contributed by atoms with Gasteiger partial charge in [0.15, 0.2) is 5.13 Å². The van der Waals surface area contributed by atoms with E-state index in [1.54, 1.807) is 11.3 Å². The highest BCUT2D eigenvalue weighted by Crippen LogP contribution is 2.19. The van der Waals surface area contributed by atoms with Crippen molar-refractivity contribution in [3.63, 3.8) is 0 Å². The summed E-state index contributed by atoms with van der Waals surface area (Å²) in [7, 11) is 0. The van der Waals surface area contributed by atoms with Gasteiger partial charge in [0.2, 0.25) is 0 Å². The number of nitrogens with zero attached hydrogens (tertiary/aromatic N) is 4. The zero-order valence-corrected chi connectivity index (χ0v) is 16.1. The van der Waals surface area contributed by atoms with Gasteiger partial charge in [-0.25, -0.2) is 4.98 Å². The van der Waals surface area contributed by atoms with Crippen molar-refractivity contribution in [2.75, 3.05) is 57.3 Å². The molecule has 1 aromatic heterocycles. The lowest BCUT2D eigenvalue weighted by molar-refractivity contribution is 0.0246. The van der Waals surface area contributed by atoms with Crippen LogP contribution in [0.25, 0.3) is 0 Å². The Morgan fingerprint density at radius 2 is 1.88 bits per heavy atom. The number of rotatable bonds is 5. The summed E-state index contributed by atoms with van der Waals surface area (Å²) in [5.74, 6) is 0. The summed E-state index contributed by atoms with van der Waals surface area (Å²) in [6.07, 6.45) is 3.33. The fourth-order valence-corrected chi connectivity index (χ4v) is 4.54. The van der Waals surface area contributed by atoms with Gasteiger partial charge in [0.1, 0.15) is 0 Å². The Morgan fingerprint density at radius 3 is 2.65 bits per heavy atom. The van der Waals surface area contributed by atoms with Crippen LogP contribution in [0.15, 0.2) is 41.9 Å². The molecule has 6 heteroatoms. The van der Waals surface area contributed by atoms with E-state index in [2.05, 4.69) is 55.4 Å². The van der Waals surface area contributed by atoms with Crippen molar-refractivity contribution in [1.29, 1.82) is 0 Å². The minimum atomic E-state index is 0.313. The van der Waals surface area contributed by atoms with E-state index in [0.29, 0.717) is 6.10 Å². The van der Waals surface area contributed by atoms with Crippen molar-refractivity contribution in [3.8, 4) is 0 Å². The molecule has 2 saturated heterocycles. The smallest absolute Gasteiger partial charge is 0.185 e.